The molecule has 0 amide bonds. The zero-order chi connectivity index (χ0) is 17.3. The molecule has 4 nitrogen and oxygen atoms in total. The fraction of sp³-hybridized carbons (Fsp3) is 0.118. The third-order valence-electron chi connectivity index (χ3n) is 3.46. The Bertz CT molecular complexity index is 979. The van der Waals surface area contributed by atoms with E-state index in [9.17, 15) is 17.9 Å². The van der Waals surface area contributed by atoms with Crippen molar-refractivity contribution in [2.24, 2.45) is 0 Å². The molecule has 3 aromatic rings. The summed E-state index contributed by atoms with van der Waals surface area (Å²) in [5.41, 5.74) is 1.71. The van der Waals surface area contributed by atoms with E-state index in [0.29, 0.717) is 26.7 Å². The first-order valence-electron chi connectivity index (χ1n) is 7.06. The molecule has 1 N–H and O–H groups in total. The molecule has 0 aliphatic rings. The van der Waals surface area contributed by atoms with Crippen LogP contribution in [0.2, 0.25) is 0 Å². The highest BCUT2D eigenvalue weighted by Gasteiger charge is 2.21. The van der Waals surface area contributed by atoms with Crippen molar-refractivity contribution in [3.8, 4) is 21.7 Å². The summed E-state index contributed by atoms with van der Waals surface area (Å²) in [6.45, 7) is -0.250. The first-order valence-corrected chi connectivity index (χ1v) is 9.77. The highest BCUT2D eigenvalue weighted by molar-refractivity contribution is 7.90. The smallest absolute Gasteiger partial charge is 0.176 e. The Morgan fingerprint density at radius 3 is 2.42 bits per heavy atom. The molecule has 0 saturated carbocycles. The molecule has 0 spiro atoms. The molecule has 0 aliphatic carbocycles. The zero-order valence-electron chi connectivity index (χ0n) is 12.7. The SMILES string of the molecule is CS(=O)(=O)c1ccccc1-c1sc(CO)nc1-c1ccc(F)cc1. The van der Waals surface area contributed by atoms with Gasteiger partial charge in [-0.25, -0.2) is 17.8 Å². The van der Waals surface area contributed by atoms with Gasteiger partial charge in [0.1, 0.15) is 10.8 Å². The van der Waals surface area contributed by atoms with Gasteiger partial charge in [0.2, 0.25) is 0 Å². The Hall–Kier alpha value is -2.09. The zero-order valence-corrected chi connectivity index (χ0v) is 14.4. The quantitative estimate of drug-likeness (QED) is 0.770. The van der Waals surface area contributed by atoms with Crippen LogP contribution in [0.1, 0.15) is 5.01 Å². The Kier molecular flexibility index (Phi) is 4.49. The number of aromatic nitrogens is 1. The summed E-state index contributed by atoms with van der Waals surface area (Å²) in [6, 6.07) is 12.5. The van der Waals surface area contributed by atoms with E-state index >= 15 is 0 Å². The number of hydrogen-bond acceptors (Lipinski definition) is 5. The third-order valence-corrected chi connectivity index (χ3v) is 5.68. The minimum Gasteiger partial charge on any atom is -0.389 e. The molecule has 0 bridgehead atoms. The van der Waals surface area contributed by atoms with Gasteiger partial charge in [0, 0.05) is 17.4 Å². The van der Waals surface area contributed by atoms with Crippen LogP contribution in [0.4, 0.5) is 4.39 Å². The predicted octanol–water partition coefficient (Wildman–Crippen LogP) is 3.51. The molecule has 3 rings (SSSR count). The Morgan fingerprint density at radius 1 is 1.12 bits per heavy atom. The molecule has 0 radical (unpaired) electrons. The molecule has 1 heterocycles. The van der Waals surface area contributed by atoms with Crippen LogP contribution in [0.5, 0.6) is 0 Å². The van der Waals surface area contributed by atoms with E-state index in [1.54, 1.807) is 30.3 Å². The number of hydrogen-bond donors (Lipinski definition) is 1. The molecule has 0 unspecified atom stereocenters. The maximum absolute atomic E-state index is 13.2. The second-order valence-corrected chi connectivity index (χ2v) is 8.29. The minimum absolute atomic E-state index is 0.196. The molecule has 0 atom stereocenters. The van der Waals surface area contributed by atoms with E-state index in [-0.39, 0.29) is 17.3 Å². The summed E-state index contributed by atoms with van der Waals surface area (Å²) < 4.78 is 37.3. The van der Waals surface area contributed by atoms with Crippen molar-refractivity contribution in [2.45, 2.75) is 11.5 Å². The van der Waals surface area contributed by atoms with Crippen molar-refractivity contribution < 1.29 is 17.9 Å². The highest BCUT2D eigenvalue weighted by Crippen LogP contribution is 2.39. The number of halogens is 1. The fourth-order valence-corrected chi connectivity index (χ4v) is 4.34. The van der Waals surface area contributed by atoms with Crippen LogP contribution >= 0.6 is 11.3 Å². The summed E-state index contributed by atoms with van der Waals surface area (Å²) in [4.78, 5) is 5.21. The van der Waals surface area contributed by atoms with E-state index in [1.165, 1.54) is 29.5 Å². The van der Waals surface area contributed by atoms with Crippen molar-refractivity contribution >= 4 is 21.2 Å². The monoisotopic (exact) mass is 363 g/mol. The summed E-state index contributed by atoms with van der Waals surface area (Å²) in [6.07, 6.45) is 1.15. The molecule has 124 valence electrons. The van der Waals surface area contributed by atoms with Gasteiger partial charge >= 0.3 is 0 Å². The lowest BCUT2D eigenvalue weighted by Crippen LogP contribution is -1.99. The van der Waals surface area contributed by atoms with Gasteiger partial charge in [-0.1, -0.05) is 18.2 Å². The Labute approximate surface area is 143 Å². The second-order valence-electron chi connectivity index (χ2n) is 5.22. The maximum atomic E-state index is 13.2. The van der Waals surface area contributed by atoms with Crippen molar-refractivity contribution in [1.82, 2.24) is 4.98 Å². The number of nitrogens with zero attached hydrogens (tertiary/aromatic N) is 1. The first-order chi connectivity index (χ1) is 11.4. The van der Waals surface area contributed by atoms with E-state index in [0.717, 1.165) is 6.26 Å². The van der Waals surface area contributed by atoms with Gasteiger partial charge in [-0.05, 0) is 30.3 Å². The van der Waals surface area contributed by atoms with Crippen molar-refractivity contribution in [1.29, 1.82) is 0 Å². The number of aliphatic hydroxyl groups is 1. The Balaban J connectivity index is 2.26. The predicted molar refractivity (Wildman–Crippen MR) is 92.0 cm³/mol. The van der Waals surface area contributed by atoms with Crippen molar-refractivity contribution in [2.75, 3.05) is 6.26 Å². The molecule has 2 aromatic carbocycles. The number of rotatable bonds is 4. The number of thiazole rings is 1. The first kappa shape index (κ1) is 16.8. The van der Waals surface area contributed by atoms with Gasteiger partial charge in [-0.15, -0.1) is 11.3 Å². The van der Waals surface area contributed by atoms with Crippen LogP contribution in [-0.2, 0) is 16.4 Å². The number of aliphatic hydroxyl groups excluding tert-OH is 1. The van der Waals surface area contributed by atoms with E-state index < -0.39 is 9.84 Å². The topological polar surface area (TPSA) is 67.3 Å². The van der Waals surface area contributed by atoms with E-state index in [4.69, 9.17) is 0 Å². The lowest BCUT2D eigenvalue weighted by molar-refractivity contribution is 0.281. The molecule has 0 saturated heterocycles. The number of benzene rings is 2. The second kappa shape index (κ2) is 6.43. The Morgan fingerprint density at radius 2 is 1.79 bits per heavy atom. The summed E-state index contributed by atoms with van der Waals surface area (Å²) in [5.74, 6) is -0.366. The summed E-state index contributed by atoms with van der Waals surface area (Å²) in [5, 5.41) is 9.88. The lowest BCUT2D eigenvalue weighted by Gasteiger charge is -2.08. The van der Waals surface area contributed by atoms with Gasteiger partial charge in [-0.3, -0.25) is 0 Å². The van der Waals surface area contributed by atoms with Gasteiger partial charge in [0.05, 0.1) is 22.1 Å². The highest BCUT2D eigenvalue weighted by atomic mass is 32.2. The van der Waals surface area contributed by atoms with Crippen LogP contribution in [0, 0.1) is 5.82 Å². The van der Waals surface area contributed by atoms with Crippen LogP contribution in [0.15, 0.2) is 53.4 Å². The standard InChI is InChI=1S/C17H14FNO3S2/c1-24(21,22)14-5-3-2-4-13(14)17-16(19-15(10-20)23-17)11-6-8-12(18)9-7-11/h2-9,20H,10H2,1H3. The van der Waals surface area contributed by atoms with Gasteiger partial charge in [0.25, 0.3) is 0 Å². The van der Waals surface area contributed by atoms with E-state index in [1.807, 2.05) is 0 Å². The molecule has 0 fully saturated rings. The van der Waals surface area contributed by atoms with Crippen molar-refractivity contribution in [3.05, 3.63) is 59.4 Å². The van der Waals surface area contributed by atoms with Crippen LogP contribution in [-0.4, -0.2) is 24.8 Å². The molecule has 1 aromatic heterocycles. The average molecular weight is 363 g/mol. The van der Waals surface area contributed by atoms with Gasteiger partial charge < -0.3 is 5.11 Å². The minimum atomic E-state index is -3.43. The largest absolute Gasteiger partial charge is 0.389 e. The normalized spacial score (nSPS) is 11.6. The van der Waals surface area contributed by atoms with Crippen LogP contribution in [0.3, 0.4) is 0 Å². The maximum Gasteiger partial charge on any atom is 0.176 e. The molecular formula is C17H14FNO3S2. The van der Waals surface area contributed by atoms with Crippen LogP contribution < -0.4 is 0 Å². The molecule has 0 aliphatic heterocycles. The van der Waals surface area contributed by atoms with Gasteiger partial charge in [-0.2, -0.15) is 0 Å². The average Bonchev–Trinajstić information content (AvgIpc) is 2.99. The van der Waals surface area contributed by atoms with Gasteiger partial charge in [0.15, 0.2) is 9.84 Å². The molecule has 7 heteroatoms. The van der Waals surface area contributed by atoms with Crippen molar-refractivity contribution in [3.63, 3.8) is 0 Å². The summed E-state index contributed by atoms with van der Waals surface area (Å²) in [7, 11) is -3.43. The molecular weight excluding hydrogens is 349 g/mol. The van der Waals surface area contributed by atoms with Crippen LogP contribution in [0.25, 0.3) is 21.7 Å². The number of sulfone groups is 1. The lowest BCUT2D eigenvalue weighted by atomic mass is 10.1. The summed E-state index contributed by atoms with van der Waals surface area (Å²) >= 11 is 1.22. The van der Waals surface area contributed by atoms with E-state index in [2.05, 4.69) is 4.98 Å². The fourth-order valence-electron chi connectivity index (χ4n) is 2.40. The third kappa shape index (κ3) is 3.24. The molecule has 24 heavy (non-hydrogen) atoms.